The summed E-state index contributed by atoms with van der Waals surface area (Å²) < 4.78 is 11.0. The Morgan fingerprint density at radius 2 is 1.82 bits per heavy atom. The molecule has 0 spiro atoms. The minimum absolute atomic E-state index is 0.362. The quantitative estimate of drug-likeness (QED) is 0.776. The third-order valence-electron chi connectivity index (χ3n) is 5.76. The Morgan fingerprint density at radius 1 is 1.11 bits per heavy atom. The lowest BCUT2D eigenvalue weighted by molar-refractivity contribution is 0.353. The summed E-state index contributed by atoms with van der Waals surface area (Å²) in [7, 11) is 3.37. The van der Waals surface area contributed by atoms with Gasteiger partial charge >= 0.3 is 0 Å². The average Bonchev–Trinajstić information content (AvgIpc) is 3.57. The molecule has 1 aromatic heterocycles. The van der Waals surface area contributed by atoms with Crippen LogP contribution in [0.25, 0.3) is 0 Å². The molecule has 0 unspecified atom stereocenters. The highest BCUT2D eigenvalue weighted by Crippen LogP contribution is 2.41. The number of methoxy groups -OCH3 is 2. The van der Waals surface area contributed by atoms with Crippen LogP contribution in [-0.2, 0) is 13.0 Å². The number of benzene rings is 1. The van der Waals surface area contributed by atoms with Crippen LogP contribution in [0.15, 0.2) is 18.2 Å². The second-order valence-electron chi connectivity index (χ2n) is 7.85. The first-order chi connectivity index (χ1) is 13.6. The van der Waals surface area contributed by atoms with Crippen molar-refractivity contribution in [1.29, 1.82) is 0 Å². The fourth-order valence-electron chi connectivity index (χ4n) is 3.67. The number of aromatic nitrogens is 2. The molecule has 1 saturated carbocycles. The Balaban J connectivity index is 1.62. The van der Waals surface area contributed by atoms with Crippen LogP contribution in [0, 0.1) is 0 Å². The zero-order valence-electron chi connectivity index (χ0n) is 17.3. The zero-order chi connectivity index (χ0) is 19.7. The summed E-state index contributed by atoms with van der Waals surface area (Å²) in [4.78, 5) is 12.0. The van der Waals surface area contributed by atoms with Crippen molar-refractivity contribution in [3.63, 3.8) is 0 Å². The van der Waals surface area contributed by atoms with E-state index in [0.29, 0.717) is 12.0 Å². The smallest absolute Gasteiger partial charge is 0.225 e. The topological polar surface area (TPSA) is 59.5 Å². The molecule has 4 rings (SSSR count). The van der Waals surface area contributed by atoms with Crippen molar-refractivity contribution in [1.82, 2.24) is 9.97 Å². The second-order valence-corrected chi connectivity index (χ2v) is 7.85. The first-order valence-electron chi connectivity index (χ1n) is 10.3. The fourth-order valence-corrected chi connectivity index (χ4v) is 3.67. The molecule has 1 atom stereocenters. The second kappa shape index (κ2) is 7.86. The Labute approximate surface area is 167 Å². The third kappa shape index (κ3) is 3.86. The first kappa shape index (κ1) is 18.8. The summed E-state index contributed by atoms with van der Waals surface area (Å²) in [6.07, 6.45) is 4.48. The largest absolute Gasteiger partial charge is 0.493 e. The molecule has 1 fully saturated rings. The summed E-state index contributed by atoms with van der Waals surface area (Å²) in [6.45, 7) is 6.10. The summed E-state index contributed by atoms with van der Waals surface area (Å²) in [5.41, 5.74) is 3.77. The highest BCUT2D eigenvalue weighted by atomic mass is 16.5. The van der Waals surface area contributed by atoms with Crippen LogP contribution in [0.1, 0.15) is 55.8 Å². The van der Waals surface area contributed by atoms with Gasteiger partial charge in [-0.15, -0.1) is 0 Å². The van der Waals surface area contributed by atoms with Gasteiger partial charge in [0.1, 0.15) is 5.82 Å². The van der Waals surface area contributed by atoms with Crippen molar-refractivity contribution in [2.24, 2.45) is 0 Å². The number of nitrogens with zero attached hydrogens (tertiary/aromatic N) is 3. The lowest BCUT2D eigenvalue weighted by Gasteiger charge is -2.31. The molecule has 6 heteroatoms. The van der Waals surface area contributed by atoms with Gasteiger partial charge < -0.3 is 19.7 Å². The van der Waals surface area contributed by atoms with Crippen LogP contribution in [-0.4, -0.2) is 36.8 Å². The van der Waals surface area contributed by atoms with Crippen molar-refractivity contribution in [2.45, 2.75) is 58.0 Å². The Bertz CT molecular complexity index is 851. The van der Waals surface area contributed by atoms with Gasteiger partial charge in [0.05, 0.1) is 19.9 Å². The predicted octanol–water partition coefficient (Wildman–Crippen LogP) is 4.14. The number of anilines is 2. The maximum Gasteiger partial charge on any atom is 0.225 e. The monoisotopic (exact) mass is 382 g/mol. The molecule has 0 saturated heterocycles. The summed E-state index contributed by atoms with van der Waals surface area (Å²) in [5.74, 6) is 3.95. The summed E-state index contributed by atoms with van der Waals surface area (Å²) >= 11 is 0. The van der Waals surface area contributed by atoms with Crippen molar-refractivity contribution in [3.8, 4) is 11.5 Å². The van der Waals surface area contributed by atoms with Gasteiger partial charge in [-0.05, 0) is 55.9 Å². The standard InChI is InChI=1S/C22H30N4O2/c1-5-14(2)23-22-24-18(15-6-7-15)12-21(25-22)26-9-8-16-10-19(27-3)20(28-4)11-17(16)13-26/h10-12,14-15H,5-9,13H2,1-4H3,(H,23,24,25)/t14-/m1/s1. The average molecular weight is 383 g/mol. The molecule has 0 bridgehead atoms. The van der Waals surface area contributed by atoms with E-state index in [1.54, 1.807) is 14.2 Å². The number of ether oxygens (including phenoxy) is 2. The number of hydrogen-bond acceptors (Lipinski definition) is 6. The van der Waals surface area contributed by atoms with E-state index in [9.17, 15) is 0 Å². The van der Waals surface area contributed by atoms with Crippen LogP contribution in [0.3, 0.4) is 0 Å². The van der Waals surface area contributed by atoms with E-state index < -0.39 is 0 Å². The van der Waals surface area contributed by atoms with E-state index in [1.165, 1.54) is 29.7 Å². The first-order valence-corrected chi connectivity index (χ1v) is 10.3. The molecule has 1 aliphatic carbocycles. The maximum absolute atomic E-state index is 5.50. The van der Waals surface area contributed by atoms with E-state index in [2.05, 4.69) is 42.3 Å². The number of fused-ring (bicyclic) bond motifs is 1. The van der Waals surface area contributed by atoms with Crippen molar-refractivity contribution in [2.75, 3.05) is 31.0 Å². The molecule has 1 aliphatic heterocycles. The van der Waals surface area contributed by atoms with E-state index in [1.807, 2.05) is 0 Å². The molecule has 2 aromatic rings. The molecule has 6 nitrogen and oxygen atoms in total. The van der Waals surface area contributed by atoms with E-state index in [0.717, 1.165) is 49.2 Å². The fraction of sp³-hybridized carbons (Fsp3) is 0.545. The normalized spacial score (nSPS) is 17.1. The van der Waals surface area contributed by atoms with Crippen LogP contribution in [0.4, 0.5) is 11.8 Å². The Hall–Kier alpha value is -2.50. The van der Waals surface area contributed by atoms with Crippen molar-refractivity contribution < 1.29 is 9.47 Å². The van der Waals surface area contributed by atoms with Crippen molar-refractivity contribution in [3.05, 3.63) is 35.0 Å². The predicted molar refractivity (Wildman–Crippen MR) is 112 cm³/mol. The molecule has 1 aromatic carbocycles. The Morgan fingerprint density at radius 3 is 2.46 bits per heavy atom. The van der Waals surface area contributed by atoms with Crippen molar-refractivity contribution >= 4 is 11.8 Å². The van der Waals surface area contributed by atoms with Gasteiger partial charge in [0.2, 0.25) is 5.95 Å². The van der Waals surface area contributed by atoms with Gasteiger partial charge in [-0.3, -0.25) is 0 Å². The molecule has 150 valence electrons. The van der Waals surface area contributed by atoms with Crippen LogP contribution < -0.4 is 19.7 Å². The van der Waals surface area contributed by atoms with E-state index >= 15 is 0 Å². The lowest BCUT2D eigenvalue weighted by atomic mass is 9.98. The van der Waals surface area contributed by atoms with Gasteiger partial charge in [0.25, 0.3) is 0 Å². The Kier molecular flexibility index (Phi) is 5.29. The van der Waals surface area contributed by atoms with Crippen LogP contribution in [0.5, 0.6) is 11.5 Å². The molecule has 0 amide bonds. The summed E-state index contributed by atoms with van der Waals surface area (Å²) in [5, 5.41) is 3.46. The molecule has 2 heterocycles. The van der Waals surface area contributed by atoms with Gasteiger partial charge in [-0.2, -0.15) is 4.98 Å². The molecule has 2 aliphatic rings. The van der Waals surface area contributed by atoms with Crippen LogP contribution in [0.2, 0.25) is 0 Å². The molecular formula is C22H30N4O2. The maximum atomic E-state index is 5.50. The molecule has 0 radical (unpaired) electrons. The van der Waals surface area contributed by atoms with E-state index in [-0.39, 0.29) is 0 Å². The summed E-state index contributed by atoms with van der Waals surface area (Å²) in [6, 6.07) is 6.75. The highest BCUT2D eigenvalue weighted by molar-refractivity contribution is 5.53. The third-order valence-corrected chi connectivity index (χ3v) is 5.76. The lowest BCUT2D eigenvalue weighted by Crippen LogP contribution is -2.31. The van der Waals surface area contributed by atoms with Gasteiger partial charge in [0, 0.05) is 31.1 Å². The number of hydrogen-bond donors (Lipinski definition) is 1. The van der Waals surface area contributed by atoms with Gasteiger partial charge in [0.15, 0.2) is 11.5 Å². The SMILES string of the molecule is CC[C@@H](C)Nc1nc(C2CC2)cc(N2CCc3cc(OC)c(OC)cc3C2)n1. The minimum Gasteiger partial charge on any atom is -0.493 e. The molecule has 1 N–H and O–H groups in total. The minimum atomic E-state index is 0.362. The highest BCUT2D eigenvalue weighted by Gasteiger charge is 2.28. The molecule has 28 heavy (non-hydrogen) atoms. The van der Waals surface area contributed by atoms with Gasteiger partial charge in [-0.1, -0.05) is 6.92 Å². The van der Waals surface area contributed by atoms with Gasteiger partial charge in [-0.25, -0.2) is 4.98 Å². The number of rotatable bonds is 7. The zero-order valence-corrected chi connectivity index (χ0v) is 17.3. The molecular weight excluding hydrogens is 352 g/mol. The van der Waals surface area contributed by atoms with Crippen LogP contribution >= 0.6 is 0 Å². The number of nitrogens with one attached hydrogen (secondary N) is 1. The van der Waals surface area contributed by atoms with E-state index in [4.69, 9.17) is 19.4 Å².